The predicted octanol–water partition coefficient (Wildman–Crippen LogP) is 3.15. The first-order valence-electron chi connectivity index (χ1n) is 7.20. The molecule has 2 N–H and O–H groups in total. The van der Waals surface area contributed by atoms with E-state index in [2.05, 4.69) is 15.6 Å². The highest BCUT2D eigenvalue weighted by atomic mass is 19.1. The van der Waals surface area contributed by atoms with Crippen LogP contribution in [0.4, 0.5) is 25.1 Å². The summed E-state index contributed by atoms with van der Waals surface area (Å²) < 4.78 is 27.3. The van der Waals surface area contributed by atoms with Gasteiger partial charge in [0.25, 0.3) is 5.56 Å². The fraction of sp³-hybridized carbons (Fsp3) is 0. The number of hydrogen-bond donors (Lipinski definition) is 2. The van der Waals surface area contributed by atoms with Crippen molar-refractivity contribution in [2.75, 3.05) is 10.6 Å². The van der Waals surface area contributed by atoms with Crippen molar-refractivity contribution in [2.24, 2.45) is 0 Å². The number of carbonyl (C=O) groups excluding carboxylic acids is 1. The van der Waals surface area contributed by atoms with Crippen molar-refractivity contribution in [3.8, 4) is 5.69 Å². The van der Waals surface area contributed by atoms with Crippen molar-refractivity contribution in [2.45, 2.75) is 0 Å². The highest BCUT2D eigenvalue weighted by Gasteiger charge is 2.10. The Morgan fingerprint density at radius 1 is 1.00 bits per heavy atom. The zero-order valence-corrected chi connectivity index (χ0v) is 12.7. The SMILES string of the molecule is O=C(Nc1ccc(F)cc1)Nc1nccn(-c2cccc(F)c2)c1=O. The Bertz CT molecular complexity index is 971. The number of nitrogens with zero attached hydrogens (tertiary/aromatic N) is 2. The van der Waals surface area contributed by atoms with Crippen LogP contribution in [-0.4, -0.2) is 15.6 Å². The van der Waals surface area contributed by atoms with E-state index < -0.39 is 23.2 Å². The Kier molecular flexibility index (Phi) is 4.51. The van der Waals surface area contributed by atoms with Gasteiger partial charge in [0, 0.05) is 18.1 Å². The van der Waals surface area contributed by atoms with Gasteiger partial charge in [0.1, 0.15) is 11.6 Å². The number of nitrogens with one attached hydrogen (secondary N) is 2. The first kappa shape index (κ1) is 16.3. The van der Waals surface area contributed by atoms with E-state index in [0.717, 1.165) is 4.57 Å². The van der Waals surface area contributed by atoms with Crippen molar-refractivity contribution in [3.05, 3.63) is 82.9 Å². The van der Waals surface area contributed by atoms with Gasteiger partial charge in [0.2, 0.25) is 5.82 Å². The van der Waals surface area contributed by atoms with Crippen LogP contribution < -0.4 is 16.2 Å². The summed E-state index contributed by atoms with van der Waals surface area (Å²) in [4.78, 5) is 28.2. The van der Waals surface area contributed by atoms with Gasteiger partial charge in [-0.1, -0.05) is 6.07 Å². The Morgan fingerprint density at radius 2 is 1.76 bits per heavy atom. The van der Waals surface area contributed by atoms with Crippen LogP contribution in [0.2, 0.25) is 0 Å². The monoisotopic (exact) mass is 342 g/mol. The van der Waals surface area contributed by atoms with Gasteiger partial charge in [0.15, 0.2) is 0 Å². The van der Waals surface area contributed by atoms with Crippen molar-refractivity contribution >= 4 is 17.5 Å². The summed E-state index contributed by atoms with van der Waals surface area (Å²) >= 11 is 0. The summed E-state index contributed by atoms with van der Waals surface area (Å²) in [6, 6.07) is 9.86. The van der Waals surface area contributed by atoms with Gasteiger partial charge >= 0.3 is 6.03 Å². The molecule has 0 saturated heterocycles. The maximum absolute atomic E-state index is 13.3. The van der Waals surface area contributed by atoms with Gasteiger partial charge in [0.05, 0.1) is 5.69 Å². The van der Waals surface area contributed by atoms with Crippen molar-refractivity contribution in [3.63, 3.8) is 0 Å². The third kappa shape index (κ3) is 3.86. The summed E-state index contributed by atoms with van der Waals surface area (Å²) in [6.45, 7) is 0. The molecule has 2 aromatic carbocycles. The minimum Gasteiger partial charge on any atom is -0.308 e. The number of urea groups is 1. The Labute approximate surface area is 140 Å². The largest absolute Gasteiger partial charge is 0.325 e. The highest BCUT2D eigenvalue weighted by Crippen LogP contribution is 2.10. The maximum Gasteiger partial charge on any atom is 0.325 e. The number of halogens is 2. The summed E-state index contributed by atoms with van der Waals surface area (Å²) in [5.41, 5.74) is 0.0250. The van der Waals surface area contributed by atoms with E-state index in [1.807, 2.05) is 0 Å². The summed E-state index contributed by atoms with van der Waals surface area (Å²) in [5, 5.41) is 4.76. The molecule has 126 valence electrons. The van der Waals surface area contributed by atoms with Crippen LogP contribution in [0.15, 0.2) is 65.7 Å². The van der Waals surface area contributed by atoms with E-state index in [1.165, 1.54) is 54.9 Å². The lowest BCUT2D eigenvalue weighted by Crippen LogP contribution is -2.28. The highest BCUT2D eigenvalue weighted by molar-refractivity contribution is 5.99. The number of benzene rings is 2. The lowest BCUT2D eigenvalue weighted by molar-refractivity contribution is 0.262. The molecule has 0 atom stereocenters. The van der Waals surface area contributed by atoms with Crippen LogP contribution in [0.1, 0.15) is 0 Å². The number of anilines is 2. The van der Waals surface area contributed by atoms with E-state index in [4.69, 9.17) is 0 Å². The molecule has 1 aromatic heterocycles. The Balaban J connectivity index is 1.81. The molecule has 3 aromatic rings. The third-order valence-corrected chi connectivity index (χ3v) is 3.26. The number of aromatic nitrogens is 2. The predicted molar refractivity (Wildman–Crippen MR) is 88.8 cm³/mol. The molecule has 0 fully saturated rings. The lowest BCUT2D eigenvalue weighted by Gasteiger charge is -2.09. The standard InChI is InChI=1S/C17H12F2N4O2/c18-11-4-6-13(7-5-11)21-17(25)22-15-16(24)23(9-8-20-15)14-3-1-2-12(19)10-14/h1-10H,(H2,20,21,22,25). The van der Waals surface area contributed by atoms with E-state index in [0.29, 0.717) is 11.4 Å². The summed E-state index contributed by atoms with van der Waals surface area (Å²) in [5.74, 6) is -1.16. The second kappa shape index (κ2) is 6.91. The Hall–Kier alpha value is -3.55. The maximum atomic E-state index is 13.3. The van der Waals surface area contributed by atoms with E-state index in [-0.39, 0.29) is 5.82 Å². The van der Waals surface area contributed by atoms with Crippen LogP contribution in [0.25, 0.3) is 5.69 Å². The quantitative estimate of drug-likeness (QED) is 0.768. The van der Waals surface area contributed by atoms with Crippen LogP contribution in [-0.2, 0) is 0 Å². The molecule has 0 radical (unpaired) electrons. The number of amides is 2. The average molecular weight is 342 g/mol. The lowest BCUT2D eigenvalue weighted by atomic mass is 10.3. The molecule has 0 aliphatic rings. The van der Waals surface area contributed by atoms with Crippen molar-refractivity contribution in [1.29, 1.82) is 0 Å². The Morgan fingerprint density at radius 3 is 2.48 bits per heavy atom. The molecular formula is C17H12F2N4O2. The van der Waals surface area contributed by atoms with E-state index in [9.17, 15) is 18.4 Å². The molecule has 3 rings (SSSR count). The molecule has 0 spiro atoms. The fourth-order valence-electron chi connectivity index (χ4n) is 2.13. The van der Waals surface area contributed by atoms with Crippen molar-refractivity contribution < 1.29 is 13.6 Å². The molecule has 0 bridgehead atoms. The topological polar surface area (TPSA) is 76.0 Å². The summed E-state index contributed by atoms with van der Waals surface area (Å²) in [6.07, 6.45) is 2.67. The number of carbonyl (C=O) groups is 1. The molecule has 8 heteroatoms. The molecular weight excluding hydrogens is 330 g/mol. The van der Waals surface area contributed by atoms with Crippen molar-refractivity contribution in [1.82, 2.24) is 9.55 Å². The second-order valence-corrected chi connectivity index (χ2v) is 5.02. The molecule has 6 nitrogen and oxygen atoms in total. The molecule has 0 aliphatic heterocycles. The molecule has 1 heterocycles. The van der Waals surface area contributed by atoms with Crippen LogP contribution >= 0.6 is 0 Å². The second-order valence-electron chi connectivity index (χ2n) is 5.02. The number of hydrogen-bond acceptors (Lipinski definition) is 3. The van der Waals surface area contributed by atoms with Crippen LogP contribution in [0.3, 0.4) is 0 Å². The molecule has 0 unspecified atom stereocenters. The smallest absolute Gasteiger partial charge is 0.308 e. The minimum absolute atomic E-state index is 0.230. The van der Waals surface area contributed by atoms with E-state index >= 15 is 0 Å². The van der Waals surface area contributed by atoms with Crippen LogP contribution in [0, 0.1) is 11.6 Å². The average Bonchev–Trinajstić information content (AvgIpc) is 2.59. The van der Waals surface area contributed by atoms with Crippen LogP contribution in [0.5, 0.6) is 0 Å². The van der Waals surface area contributed by atoms with Gasteiger partial charge in [-0.3, -0.25) is 14.7 Å². The van der Waals surface area contributed by atoms with Gasteiger partial charge in [-0.25, -0.2) is 18.6 Å². The molecule has 0 saturated carbocycles. The van der Waals surface area contributed by atoms with Gasteiger partial charge in [-0.2, -0.15) is 0 Å². The number of rotatable bonds is 3. The van der Waals surface area contributed by atoms with Gasteiger partial charge < -0.3 is 5.32 Å². The minimum atomic E-state index is -0.715. The normalized spacial score (nSPS) is 10.3. The third-order valence-electron chi connectivity index (χ3n) is 3.26. The van der Waals surface area contributed by atoms with Gasteiger partial charge in [-0.15, -0.1) is 0 Å². The molecule has 0 aliphatic carbocycles. The first-order valence-corrected chi connectivity index (χ1v) is 7.20. The van der Waals surface area contributed by atoms with Gasteiger partial charge in [-0.05, 0) is 42.5 Å². The first-order chi connectivity index (χ1) is 12.0. The zero-order valence-electron chi connectivity index (χ0n) is 12.7. The zero-order chi connectivity index (χ0) is 17.8. The van der Waals surface area contributed by atoms with E-state index in [1.54, 1.807) is 6.07 Å². The fourth-order valence-corrected chi connectivity index (χ4v) is 2.13. The summed E-state index contributed by atoms with van der Waals surface area (Å²) in [7, 11) is 0. The molecule has 2 amide bonds. The molecule has 25 heavy (non-hydrogen) atoms.